The van der Waals surface area contributed by atoms with E-state index in [0.29, 0.717) is 0 Å². The molecule has 1 aliphatic rings. The lowest BCUT2D eigenvalue weighted by molar-refractivity contribution is 1.31. The maximum Gasteiger partial charge on any atom is 0.0532 e. The predicted molar refractivity (Wildman–Crippen MR) is 99.6 cm³/mol. The molecule has 1 aliphatic heterocycles. The number of hydrogen-bond donors (Lipinski definition) is 1. The Morgan fingerprint density at radius 3 is 2.48 bits per heavy atom. The van der Waals surface area contributed by atoms with Gasteiger partial charge in [0, 0.05) is 9.79 Å². The van der Waals surface area contributed by atoms with Crippen LogP contribution in [0.1, 0.15) is 16.7 Å². The van der Waals surface area contributed by atoms with Crippen molar-refractivity contribution in [2.45, 2.75) is 16.7 Å². The van der Waals surface area contributed by atoms with Gasteiger partial charge in [-0.3, -0.25) is 0 Å². The third-order valence-electron chi connectivity index (χ3n) is 4.07. The van der Waals surface area contributed by atoms with Gasteiger partial charge in [0.25, 0.3) is 0 Å². The molecule has 1 N–H and O–H groups in total. The summed E-state index contributed by atoms with van der Waals surface area (Å²) in [7, 11) is 0. The lowest BCUT2D eigenvalue weighted by Crippen LogP contribution is -2.00. The second kappa shape index (κ2) is 5.64. The minimum Gasteiger partial charge on any atom is -0.354 e. The molecular weight excluding hydrogens is 298 g/mol. The highest BCUT2D eigenvalue weighted by Crippen LogP contribution is 2.44. The van der Waals surface area contributed by atoms with E-state index in [1.54, 1.807) is 0 Å². The van der Waals surface area contributed by atoms with Gasteiger partial charge in [0.1, 0.15) is 0 Å². The molecule has 0 saturated heterocycles. The van der Waals surface area contributed by atoms with Gasteiger partial charge < -0.3 is 5.32 Å². The molecule has 0 saturated carbocycles. The lowest BCUT2D eigenvalue weighted by Gasteiger charge is -2.21. The zero-order chi connectivity index (χ0) is 15.8. The smallest absolute Gasteiger partial charge is 0.0532 e. The van der Waals surface area contributed by atoms with Crippen molar-refractivity contribution in [1.82, 2.24) is 0 Å². The molecule has 4 rings (SSSR count). The van der Waals surface area contributed by atoms with Gasteiger partial charge in [0.05, 0.1) is 11.4 Å². The second-order valence-corrected chi connectivity index (χ2v) is 6.87. The van der Waals surface area contributed by atoms with Gasteiger partial charge in [-0.15, -0.1) is 0 Å². The highest BCUT2D eigenvalue weighted by Gasteiger charge is 2.16. The number of fused-ring (bicyclic) bond motifs is 2. The van der Waals surface area contributed by atoms with Gasteiger partial charge >= 0.3 is 0 Å². The summed E-state index contributed by atoms with van der Waals surface area (Å²) in [5.41, 5.74) is 6.96. The summed E-state index contributed by atoms with van der Waals surface area (Å²) in [6.07, 6.45) is 0. The van der Waals surface area contributed by atoms with Crippen LogP contribution in [0.2, 0.25) is 0 Å². The van der Waals surface area contributed by atoms with Crippen LogP contribution >= 0.6 is 11.8 Å². The van der Waals surface area contributed by atoms with E-state index in [1.807, 2.05) is 11.8 Å². The number of anilines is 2. The molecule has 0 radical (unpaired) electrons. The summed E-state index contributed by atoms with van der Waals surface area (Å²) in [6.45, 7) is 6.40. The van der Waals surface area contributed by atoms with E-state index >= 15 is 0 Å². The molecule has 3 aromatic carbocycles. The maximum absolute atomic E-state index is 4.29. The van der Waals surface area contributed by atoms with Crippen LogP contribution in [0, 0.1) is 6.92 Å². The van der Waals surface area contributed by atoms with Crippen molar-refractivity contribution in [3.8, 4) is 0 Å². The number of rotatable bonds is 2. The fourth-order valence-electron chi connectivity index (χ4n) is 2.83. The number of para-hydroxylation sites is 1. The third kappa shape index (κ3) is 2.66. The van der Waals surface area contributed by atoms with E-state index < -0.39 is 0 Å². The molecule has 1 nitrogen and oxygen atoms in total. The first kappa shape index (κ1) is 14.2. The summed E-state index contributed by atoms with van der Waals surface area (Å²) in [6, 6.07) is 23.4. The van der Waals surface area contributed by atoms with Crippen molar-refractivity contribution in [3.63, 3.8) is 0 Å². The molecule has 0 atom stereocenters. The molecule has 0 aromatic heterocycles. The van der Waals surface area contributed by atoms with Crippen LogP contribution in [-0.2, 0) is 0 Å². The topological polar surface area (TPSA) is 12.0 Å². The molecule has 0 unspecified atom stereocenters. The normalized spacial score (nSPS) is 12.0. The molecule has 23 heavy (non-hydrogen) atoms. The Kier molecular flexibility index (Phi) is 3.47. The van der Waals surface area contributed by atoms with Crippen molar-refractivity contribution in [1.29, 1.82) is 0 Å². The number of hydrogen-bond acceptors (Lipinski definition) is 2. The van der Waals surface area contributed by atoms with E-state index in [2.05, 4.69) is 85.5 Å². The molecule has 0 aliphatic carbocycles. The van der Waals surface area contributed by atoms with Gasteiger partial charge in [-0.25, -0.2) is 0 Å². The minimum atomic E-state index is 1.06. The first-order valence-electron chi connectivity index (χ1n) is 7.65. The number of aryl methyl sites for hydroxylation is 1. The average molecular weight is 315 g/mol. The van der Waals surface area contributed by atoms with Crippen LogP contribution in [0.5, 0.6) is 0 Å². The molecule has 1 heterocycles. The van der Waals surface area contributed by atoms with Crippen LogP contribution in [-0.4, -0.2) is 0 Å². The van der Waals surface area contributed by atoms with E-state index in [1.165, 1.54) is 26.6 Å². The van der Waals surface area contributed by atoms with Crippen molar-refractivity contribution in [3.05, 3.63) is 90.0 Å². The van der Waals surface area contributed by atoms with Crippen molar-refractivity contribution in [2.24, 2.45) is 0 Å². The second-order valence-electron chi connectivity index (χ2n) is 5.78. The zero-order valence-electron chi connectivity index (χ0n) is 13.0. The van der Waals surface area contributed by atoms with Crippen LogP contribution in [0.4, 0.5) is 11.4 Å². The largest absolute Gasteiger partial charge is 0.354 e. The van der Waals surface area contributed by atoms with E-state index in [4.69, 9.17) is 0 Å². The van der Waals surface area contributed by atoms with E-state index in [-0.39, 0.29) is 0 Å². The summed E-state index contributed by atoms with van der Waals surface area (Å²) in [4.78, 5) is 2.52. The molecule has 0 fully saturated rings. The lowest BCUT2D eigenvalue weighted by atomic mass is 9.98. The Hall–Kier alpha value is -2.45. The Morgan fingerprint density at radius 2 is 1.61 bits per heavy atom. The highest BCUT2D eigenvalue weighted by molar-refractivity contribution is 7.99. The Bertz CT molecular complexity index is 911. The fourth-order valence-corrected chi connectivity index (χ4v) is 3.79. The van der Waals surface area contributed by atoms with Gasteiger partial charge in [-0.05, 0) is 47.9 Å². The van der Waals surface area contributed by atoms with Crippen molar-refractivity contribution in [2.75, 3.05) is 5.32 Å². The zero-order valence-corrected chi connectivity index (χ0v) is 13.8. The predicted octanol–water partition coefficient (Wildman–Crippen LogP) is 6.26. The SMILES string of the molecule is C=C(c1cccc(C)c1)c1ccc2c(c1)Nc1ccccc1S2. The molecular formula is C21H17NS. The maximum atomic E-state index is 4.29. The van der Waals surface area contributed by atoms with Gasteiger partial charge in [-0.1, -0.05) is 66.4 Å². The monoisotopic (exact) mass is 315 g/mol. The Balaban J connectivity index is 1.70. The first-order chi connectivity index (χ1) is 11.2. The fraction of sp³-hybridized carbons (Fsp3) is 0.0476. The summed E-state index contributed by atoms with van der Waals surface area (Å²) >= 11 is 1.81. The Labute approximate surface area is 141 Å². The number of benzene rings is 3. The van der Waals surface area contributed by atoms with Crippen LogP contribution in [0.15, 0.2) is 83.1 Å². The standard InChI is InChI=1S/C21H17NS/c1-14-6-5-7-16(12-14)15(2)17-10-11-21-19(13-17)22-18-8-3-4-9-20(18)23-21/h3-13,22H,2H2,1H3. The molecule has 3 aromatic rings. The first-order valence-corrected chi connectivity index (χ1v) is 8.47. The molecule has 112 valence electrons. The van der Waals surface area contributed by atoms with Crippen LogP contribution in [0.25, 0.3) is 5.57 Å². The Morgan fingerprint density at radius 1 is 0.826 bits per heavy atom. The van der Waals surface area contributed by atoms with Crippen LogP contribution < -0.4 is 5.32 Å². The average Bonchev–Trinajstić information content (AvgIpc) is 2.59. The quantitative estimate of drug-likeness (QED) is 0.468. The number of nitrogens with one attached hydrogen (secondary N) is 1. The summed E-state index contributed by atoms with van der Waals surface area (Å²) < 4.78 is 0. The molecule has 0 amide bonds. The third-order valence-corrected chi connectivity index (χ3v) is 5.22. The van der Waals surface area contributed by atoms with Gasteiger partial charge in [-0.2, -0.15) is 0 Å². The van der Waals surface area contributed by atoms with E-state index in [0.717, 1.165) is 16.8 Å². The molecule has 0 spiro atoms. The van der Waals surface area contributed by atoms with E-state index in [9.17, 15) is 0 Å². The molecule has 0 bridgehead atoms. The summed E-state index contributed by atoms with van der Waals surface area (Å²) in [5.74, 6) is 0. The van der Waals surface area contributed by atoms with Crippen molar-refractivity contribution >= 4 is 28.7 Å². The van der Waals surface area contributed by atoms with Crippen LogP contribution in [0.3, 0.4) is 0 Å². The van der Waals surface area contributed by atoms with Gasteiger partial charge in [0.2, 0.25) is 0 Å². The van der Waals surface area contributed by atoms with Gasteiger partial charge in [0.15, 0.2) is 0 Å². The van der Waals surface area contributed by atoms with Crippen molar-refractivity contribution < 1.29 is 0 Å². The summed E-state index contributed by atoms with van der Waals surface area (Å²) in [5, 5.41) is 3.54. The molecule has 2 heteroatoms. The highest BCUT2D eigenvalue weighted by atomic mass is 32.2. The minimum absolute atomic E-state index is 1.06.